The Bertz CT molecular complexity index is 463. The van der Waals surface area contributed by atoms with Gasteiger partial charge in [-0.3, -0.25) is 14.4 Å². The lowest BCUT2D eigenvalue weighted by atomic mass is 10.00. The second-order valence-corrected chi connectivity index (χ2v) is 4.90. The quantitative estimate of drug-likeness (QED) is 0.319. The molecule has 2 aliphatic heterocycles. The van der Waals surface area contributed by atoms with Crippen LogP contribution >= 0.6 is 0 Å². The maximum absolute atomic E-state index is 11.7. The lowest BCUT2D eigenvalue weighted by molar-refractivity contribution is -0.714. The third-order valence-electron chi connectivity index (χ3n) is 3.46. The number of likely N-dealkylation sites (tertiary alicyclic amines) is 1. The average molecular weight is 300 g/mol. The van der Waals surface area contributed by atoms with E-state index in [0.29, 0.717) is 19.4 Å². The first-order valence-corrected chi connectivity index (χ1v) is 6.60. The molecule has 0 spiro atoms. The zero-order chi connectivity index (χ0) is 15.4. The molecule has 2 heterocycles. The van der Waals surface area contributed by atoms with Gasteiger partial charge in [0, 0.05) is 12.8 Å². The van der Waals surface area contributed by atoms with Crippen LogP contribution in [-0.4, -0.2) is 57.6 Å². The molecule has 1 N–H and O–H groups in total. The second kappa shape index (κ2) is 6.37. The van der Waals surface area contributed by atoms with Crippen molar-refractivity contribution in [3.63, 3.8) is 0 Å². The molecule has 10 nitrogen and oxygen atoms in total. The van der Waals surface area contributed by atoms with E-state index in [-0.39, 0.29) is 36.2 Å². The van der Waals surface area contributed by atoms with E-state index in [1.807, 2.05) is 0 Å². The molecule has 0 aliphatic carbocycles. The van der Waals surface area contributed by atoms with Gasteiger partial charge >= 0.3 is 5.97 Å². The van der Waals surface area contributed by atoms with E-state index >= 15 is 0 Å². The molecule has 0 bridgehead atoms. The van der Waals surface area contributed by atoms with Gasteiger partial charge in [0.1, 0.15) is 0 Å². The van der Waals surface area contributed by atoms with Gasteiger partial charge in [0.25, 0.3) is 0 Å². The number of piperidine rings is 1. The summed E-state index contributed by atoms with van der Waals surface area (Å²) in [6.07, 6.45) is 1.34. The number of carbonyl (C=O) groups excluding carboxylic acids is 2. The van der Waals surface area contributed by atoms with Crippen LogP contribution < -0.4 is 0 Å². The van der Waals surface area contributed by atoms with E-state index in [0.717, 1.165) is 4.90 Å². The molecule has 2 rings (SSSR count). The van der Waals surface area contributed by atoms with Crippen molar-refractivity contribution in [3.05, 3.63) is 5.21 Å². The molecule has 116 valence electrons. The van der Waals surface area contributed by atoms with Crippen molar-refractivity contribution in [2.45, 2.75) is 25.7 Å². The summed E-state index contributed by atoms with van der Waals surface area (Å²) in [6.45, 7) is 0.0155. The van der Waals surface area contributed by atoms with Crippen LogP contribution in [0, 0.1) is 11.1 Å². The van der Waals surface area contributed by atoms with Gasteiger partial charge in [0.05, 0.1) is 24.0 Å². The Morgan fingerprint density at radius 3 is 2.71 bits per heavy atom. The van der Waals surface area contributed by atoms with Crippen LogP contribution in [-0.2, 0) is 19.2 Å². The van der Waals surface area contributed by atoms with Crippen molar-refractivity contribution in [1.82, 2.24) is 9.91 Å². The molecular weight excluding hydrogens is 284 g/mol. The smallest absolute Gasteiger partial charge is 0.308 e. The first-order valence-electron chi connectivity index (χ1n) is 6.60. The van der Waals surface area contributed by atoms with Gasteiger partial charge in [0.2, 0.25) is 23.8 Å². The molecule has 0 saturated carbocycles. The number of amides is 2. The Balaban J connectivity index is 1.84. The van der Waals surface area contributed by atoms with Crippen LogP contribution in [0.15, 0.2) is 5.28 Å². The zero-order valence-electron chi connectivity index (χ0n) is 11.3. The van der Waals surface area contributed by atoms with Gasteiger partial charge in [0.15, 0.2) is 0 Å². The fourth-order valence-electron chi connectivity index (χ4n) is 2.27. The van der Waals surface area contributed by atoms with Crippen LogP contribution in [0.25, 0.3) is 0 Å². The number of carboxylic acids is 1. The summed E-state index contributed by atoms with van der Waals surface area (Å²) in [5, 5.41) is 25.0. The van der Waals surface area contributed by atoms with Gasteiger partial charge in [-0.2, -0.15) is 0 Å². The molecule has 0 radical (unpaired) electrons. The lowest BCUT2D eigenvalue weighted by Gasteiger charge is -2.26. The highest BCUT2D eigenvalue weighted by atomic mass is 16.7. The Morgan fingerprint density at radius 1 is 1.43 bits per heavy atom. The second-order valence-electron chi connectivity index (χ2n) is 4.90. The van der Waals surface area contributed by atoms with E-state index in [1.54, 1.807) is 0 Å². The fourth-order valence-corrected chi connectivity index (χ4v) is 2.27. The zero-order valence-corrected chi connectivity index (χ0v) is 11.3. The van der Waals surface area contributed by atoms with E-state index in [1.165, 1.54) is 5.01 Å². The number of carbonyl (C=O) groups is 3. The molecule has 2 aliphatic rings. The number of aliphatic carboxylic acids is 1. The van der Waals surface area contributed by atoms with Gasteiger partial charge in [-0.25, -0.2) is 4.90 Å². The summed E-state index contributed by atoms with van der Waals surface area (Å²) in [5.41, 5.74) is 0. The maximum Gasteiger partial charge on any atom is 0.308 e. The molecule has 1 atom stereocenters. The minimum atomic E-state index is -0.956. The van der Waals surface area contributed by atoms with Gasteiger partial charge < -0.3 is 15.2 Å². The van der Waals surface area contributed by atoms with Gasteiger partial charge in [-0.1, -0.05) is 0 Å². The molecule has 2 saturated heterocycles. The first kappa shape index (κ1) is 15.0. The predicted octanol–water partition coefficient (Wildman–Crippen LogP) is -0.301. The number of hydrogen-bond acceptors (Lipinski definition) is 6. The Morgan fingerprint density at radius 2 is 2.10 bits per heavy atom. The third kappa shape index (κ3) is 3.58. The number of hydrogen-bond donors (Lipinski definition) is 1. The fraction of sp³-hybridized carbons (Fsp3) is 0.727. The monoisotopic (exact) mass is 300 g/mol. The first-order chi connectivity index (χ1) is 9.99. The Hall–Kier alpha value is -2.39. The summed E-state index contributed by atoms with van der Waals surface area (Å²) in [7, 11) is 0. The average Bonchev–Trinajstić information content (AvgIpc) is 2.79. The molecule has 0 aromatic rings. The molecular formula is C11H16N4O6. The number of rotatable bonds is 5. The highest BCUT2D eigenvalue weighted by molar-refractivity contribution is 6.01. The molecule has 10 heteroatoms. The highest BCUT2D eigenvalue weighted by Crippen LogP contribution is 2.17. The number of hydrazine groups is 1. The maximum atomic E-state index is 11.7. The summed E-state index contributed by atoms with van der Waals surface area (Å²) < 4.78 is 0. The van der Waals surface area contributed by atoms with E-state index in [4.69, 9.17) is 9.94 Å². The number of nitrogens with zero attached hydrogens (tertiary/aromatic N) is 4. The highest BCUT2D eigenvalue weighted by Gasteiger charge is 2.31. The molecule has 2 amide bonds. The van der Waals surface area contributed by atoms with Crippen LogP contribution in [0.4, 0.5) is 0 Å². The number of imide groups is 1. The SMILES string of the molecule is O=C(O)C1CCCN(/[N+]([O-])=N/OCN2C(=O)CCC2=O)C1. The van der Waals surface area contributed by atoms with Gasteiger partial charge in [-0.05, 0) is 12.8 Å². The van der Waals surface area contributed by atoms with E-state index in [2.05, 4.69) is 5.28 Å². The van der Waals surface area contributed by atoms with Crippen LogP contribution in [0.5, 0.6) is 0 Å². The molecule has 21 heavy (non-hydrogen) atoms. The topological polar surface area (TPSA) is 126 Å². The van der Waals surface area contributed by atoms with Crippen molar-refractivity contribution in [2.24, 2.45) is 11.2 Å². The van der Waals surface area contributed by atoms with Crippen molar-refractivity contribution in [2.75, 3.05) is 19.8 Å². The minimum absolute atomic E-state index is 0.0489. The summed E-state index contributed by atoms with van der Waals surface area (Å²) in [4.78, 5) is 39.2. The standard InChI is InChI=1S/C11H16N4O6/c16-9-3-4-10(17)14(9)7-21-12-15(20)13-5-1-2-8(6-13)11(18)19/h8H,1-7H2,(H,18,19)/b15-12-. The predicted molar refractivity (Wildman–Crippen MR) is 65.0 cm³/mol. The summed E-state index contributed by atoms with van der Waals surface area (Å²) >= 11 is 0. The van der Waals surface area contributed by atoms with Crippen LogP contribution in [0.1, 0.15) is 25.7 Å². The lowest BCUT2D eigenvalue weighted by Crippen LogP contribution is -2.42. The van der Waals surface area contributed by atoms with Crippen LogP contribution in [0.3, 0.4) is 0 Å². The van der Waals surface area contributed by atoms with E-state index < -0.39 is 18.6 Å². The molecule has 0 aromatic heterocycles. The number of carboxylic acid groups (broad SMARTS) is 1. The molecule has 0 aromatic carbocycles. The normalized spacial score (nSPS) is 23.6. The van der Waals surface area contributed by atoms with Crippen molar-refractivity contribution >= 4 is 17.8 Å². The molecule has 1 unspecified atom stereocenters. The molecule has 2 fully saturated rings. The van der Waals surface area contributed by atoms with Crippen molar-refractivity contribution in [3.8, 4) is 0 Å². The Labute approximate surface area is 120 Å². The Kier molecular flexibility index (Phi) is 4.55. The van der Waals surface area contributed by atoms with Gasteiger partial charge in [-0.15, -0.1) is 5.01 Å². The summed E-state index contributed by atoms with van der Waals surface area (Å²) in [6, 6.07) is 0. The van der Waals surface area contributed by atoms with Crippen molar-refractivity contribution < 1.29 is 29.3 Å². The largest absolute Gasteiger partial charge is 0.569 e. The van der Waals surface area contributed by atoms with E-state index in [9.17, 15) is 19.6 Å². The minimum Gasteiger partial charge on any atom is -0.569 e. The summed E-state index contributed by atoms with van der Waals surface area (Å²) in [5.74, 6) is -2.30. The van der Waals surface area contributed by atoms with Crippen molar-refractivity contribution in [1.29, 1.82) is 0 Å². The van der Waals surface area contributed by atoms with Crippen LogP contribution in [0.2, 0.25) is 0 Å². The third-order valence-corrected chi connectivity index (χ3v) is 3.46.